The van der Waals surface area contributed by atoms with E-state index in [0.717, 1.165) is 11.1 Å². The molecule has 0 radical (unpaired) electrons. The number of anilines is 1. The summed E-state index contributed by atoms with van der Waals surface area (Å²) < 4.78 is 38.8. The highest BCUT2D eigenvalue weighted by Crippen LogP contribution is 2.24. The quantitative estimate of drug-likeness (QED) is 0.527. The summed E-state index contributed by atoms with van der Waals surface area (Å²) in [5.41, 5.74) is 2.20. The van der Waals surface area contributed by atoms with E-state index in [1.165, 1.54) is 23.4 Å². The summed E-state index contributed by atoms with van der Waals surface area (Å²) in [6.07, 6.45) is 0. The van der Waals surface area contributed by atoms with Gasteiger partial charge in [-0.2, -0.15) is 4.31 Å². The SMILES string of the molecule is COc1ccc(CN(Cc2ccc(OC)cc2)S(=O)(=O)c2ccc(NC(C)=O)cc2)cc1. The Labute approximate surface area is 188 Å². The summed E-state index contributed by atoms with van der Waals surface area (Å²) in [5, 5.41) is 2.64. The van der Waals surface area contributed by atoms with Crippen LogP contribution in [0.3, 0.4) is 0 Å². The zero-order valence-corrected chi connectivity index (χ0v) is 19.1. The average molecular weight is 455 g/mol. The Kier molecular flexibility index (Phi) is 7.50. The monoisotopic (exact) mass is 454 g/mol. The number of nitrogens with zero attached hydrogens (tertiary/aromatic N) is 1. The molecule has 0 bridgehead atoms. The lowest BCUT2D eigenvalue weighted by molar-refractivity contribution is -0.114. The normalized spacial score (nSPS) is 11.2. The van der Waals surface area contributed by atoms with Gasteiger partial charge >= 0.3 is 0 Å². The molecule has 3 rings (SSSR count). The van der Waals surface area contributed by atoms with Crippen LogP contribution >= 0.6 is 0 Å². The van der Waals surface area contributed by atoms with E-state index in [9.17, 15) is 13.2 Å². The van der Waals surface area contributed by atoms with Gasteiger partial charge in [-0.05, 0) is 59.7 Å². The standard InChI is InChI=1S/C24H26N2O5S/c1-18(27)25-21-8-14-24(15-9-21)32(28,29)26(16-19-4-10-22(30-2)11-5-19)17-20-6-12-23(31-3)13-7-20/h4-15H,16-17H2,1-3H3,(H,25,27). The van der Waals surface area contributed by atoms with Gasteiger partial charge in [-0.15, -0.1) is 0 Å². The summed E-state index contributed by atoms with van der Waals surface area (Å²) >= 11 is 0. The van der Waals surface area contributed by atoms with Crippen LogP contribution in [-0.2, 0) is 27.9 Å². The van der Waals surface area contributed by atoms with E-state index in [1.807, 2.05) is 24.3 Å². The molecule has 8 heteroatoms. The minimum absolute atomic E-state index is 0.147. The molecule has 7 nitrogen and oxygen atoms in total. The maximum Gasteiger partial charge on any atom is 0.243 e. The van der Waals surface area contributed by atoms with Crippen molar-refractivity contribution < 1.29 is 22.7 Å². The molecule has 0 aliphatic carbocycles. The van der Waals surface area contributed by atoms with Gasteiger partial charge in [0.25, 0.3) is 0 Å². The molecule has 0 spiro atoms. The van der Waals surface area contributed by atoms with Crippen molar-refractivity contribution in [1.29, 1.82) is 0 Å². The van der Waals surface area contributed by atoms with E-state index in [1.54, 1.807) is 50.6 Å². The van der Waals surface area contributed by atoms with Gasteiger partial charge in [0, 0.05) is 25.7 Å². The van der Waals surface area contributed by atoms with Gasteiger partial charge in [0.05, 0.1) is 19.1 Å². The van der Waals surface area contributed by atoms with Gasteiger partial charge in [-0.1, -0.05) is 24.3 Å². The van der Waals surface area contributed by atoms with Crippen LogP contribution in [0.15, 0.2) is 77.7 Å². The van der Waals surface area contributed by atoms with Crippen molar-refractivity contribution in [2.45, 2.75) is 24.9 Å². The highest BCUT2D eigenvalue weighted by atomic mass is 32.2. The summed E-state index contributed by atoms with van der Waals surface area (Å²) in [6, 6.07) is 20.7. The fourth-order valence-corrected chi connectivity index (χ4v) is 4.57. The van der Waals surface area contributed by atoms with Gasteiger partial charge in [0.2, 0.25) is 15.9 Å². The zero-order chi connectivity index (χ0) is 23.1. The first kappa shape index (κ1) is 23.3. The van der Waals surface area contributed by atoms with Crippen molar-refractivity contribution in [2.24, 2.45) is 0 Å². The number of rotatable bonds is 9. The number of methoxy groups -OCH3 is 2. The third-order valence-electron chi connectivity index (χ3n) is 4.85. The number of hydrogen-bond donors (Lipinski definition) is 1. The summed E-state index contributed by atoms with van der Waals surface area (Å²) in [7, 11) is -0.649. The lowest BCUT2D eigenvalue weighted by Crippen LogP contribution is -2.30. The number of carbonyl (C=O) groups is 1. The lowest BCUT2D eigenvalue weighted by atomic mass is 10.2. The number of hydrogen-bond acceptors (Lipinski definition) is 5. The number of ether oxygens (including phenoxy) is 2. The summed E-state index contributed by atoms with van der Waals surface area (Å²) in [6.45, 7) is 1.77. The molecule has 3 aromatic carbocycles. The molecule has 168 valence electrons. The molecule has 0 saturated carbocycles. The molecular formula is C24H26N2O5S. The maximum absolute atomic E-state index is 13.5. The topological polar surface area (TPSA) is 84.9 Å². The van der Waals surface area contributed by atoms with Crippen LogP contribution in [0.1, 0.15) is 18.1 Å². The fourth-order valence-electron chi connectivity index (χ4n) is 3.16. The second kappa shape index (κ2) is 10.3. The average Bonchev–Trinajstić information content (AvgIpc) is 2.79. The van der Waals surface area contributed by atoms with Crippen LogP contribution in [0.5, 0.6) is 11.5 Å². The van der Waals surface area contributed by atoms with Crippen LogP contribution < -0.4 is 14.8 Å². The molecular weight excluding hydrogens is 428 g/mol. The molecule has 0 fully saturated rings. The third kappa shape index (κ3) is 5.87. The molecule has 0 aliphatic heterocycles. The van der Waals surface area contributed by atoms with Crippen molar-refractivity contribution in [3.63, 3.8) is 0 Å². The minimum atomic E-state index is -3.82. The molecule has 1 amide bonds. The highest BCUT2D eigenvalue weighted by molar-refractivity contribution is 7.89. The molecule has 0 aromatic heterocycles. The Morgan fingerprint density at radius 3 is 1.59 bits per heavy atom. The Morgan fingerprint density at radius 2 is 1.22 bits per heavy atom. The Morgan fingerprint density at radius 1 is 0.781 bits per heavy atom. The molecule has 0 unspecified atom stereocenters. The van der Waals surface area contributed by atoms with Crippen LogP contribution in [0, 0.1) is 0 Å². The molecule has 0 aliphatic rings. The summed E-state index contributed by atoms with van der Waals surface area (Å²) in [5.74, 6) is 1.18. The zero-order valence-electron chi connectivity index (χ0n) is 18.2. The maximum atomic E-state index is 13.5. The Balaban J connectivity index is 1.92. The fraction of sp³-hybridized carbons (Fsp3) is 0.208. The molecule has 0 atom stereocenters. The van der Waals surface area contributed by atoms with E-state index >= 15 is 0 Å². The van der Waals surface area contributed by atoms with Crippen molar-refractivity contribution in [2.75, 3.05) is 19.5 Å². The first-order valence-electron chi connectivity index (χ1n) is 9.95. The van der Waals surface area contributed by atoms with E-state index in [-0.39, 0.29) is 23.9 Å². The van der Waals surface area contributed by atoms with E-state index in [2.05, 4.69) is 5.32 Å². The predicted octanol–water partition coefficient (Wildman–Crippen LogP) is 4.05. The predicted molar refractivity (Wildman–Crippen MR) is 123 cm³/mol. The largest absolute Gasteiger partial charge is 0.497 e. The van der Waals surface area contributed by atoms with Gasteiger partial charge in [0.1, 0.15) is 11.5 Å². The number of benzene rings is 3. The van der Waals surface area contributed by atoms with E-state index in [4.69, 9.17) is 9.47 Å². The van der Waals surface area contributed by atoms with Gasteiger partial charge in [-0.25, -0.2) is 8.42 Å². The van der Waals surface area contributed by atoms with E-state index < -0.39 is 10.0 Å². The van der Waals surface area contributed by atoms with Crippen molar-refractivity contribution in [1.82, 2.24) is 4.31 Å². The second-order valence-electron chi connectivity index (χ2n) is 7.17. The number of carbonyl (C=O) groups excluding carboxylic acids is 1. The smallest absolute Gasteiger partial charge is 0.243 e. The van der Waals surface area contributed by atoms with Gasteiger partial charge < -0.3 is 14.8 Å². The first-order chi connectivity index (χ1) is 15.3. The van der Waals surface area contributed by atoms with Crippen molar-refractivity contribution >= 4 is 21.6 Å². The van der Waals surface area contributed by atoms with Gasteiger partial charge in [0.15, 0.2) is 0 Å². The van der Waals surface area contributed by atoms with Crippen molar-refractivity contribution in [3.8, 4) is 11.5 Å². The summed E-state index contributed by atoms with van der Waals surface area (Å²) in [4.78, 5) is 11.4. The van der Waals surface area contributed by atoms with Crippen LogP contribution in [0.4, 0.5) is 5.69 Å². The molecule has 32 heavy (non-hydrogen) atoms. The minimum Gasteiger partial charge on any atom is -0.497 e. The first-order valence-corrected chi connectivity index (χ1v) is 11.4. The molecule has 3 aromatic rings. The number of nitrogens with one attached hydrogen (secondary N) is 1. The Hall–Kier alpha value is -3.36. The molecule has 0 heterocycles. The lowest BCUT2D eigenvalue weighted by Gasteiger charge is -2.23. The van der Waals surface area contributed by atoms with Crippen LogP contribution in [0.2, 0.25) is 0 Å². The molecule has 0 saturated heterocycles. The number of amides is 1. The van der Waals surface area contributed by atoms with Crippen molar-refractivity contribution in [3.05, 3.63) is 83.9 Å². The number of sulfonamides is 1. The van der Waals surface area contributed by atoms with Crippen LogP contribution in [0.25, 0.3) is 0 Å². The highest BCUT2D eigenvalue weighted by Gasteiger charge is 2.25. The molecule has 1 N–H and O–H groups in total. The Bertz CT molecular complexity index is 1090. The third-order valence-corrected chi connectivity index (χ3v) is 6.65. The van der Waals surface area contributed by atoms with Gasteiger partial charge in [-0.3, -0.25) is 4.79 Å². The van der Waals surface area contributed by atoms with E-state index in [0.29, 0.717) is 17.2 Å². The second-order valence-corrected chi connectivity index (χ2v) is 9.11. The van der Waals surface area contributed by atoms with Crippen LogP contribution in [-0.4, -0.2) is 32.8 Å².